The van der Waals surface area contributed by atoms with Gasteiger partial charge in [-0.25, -0.2) is 4.79 Å². The van der Waals surface area contributed by atoms with E-state index < -0.39 is 0 Å². The summed E-state index contributed by atoms with van der Waals surface area (Å²) in [5.74, 6) is 0.574. The van der Waals surface area contributed by atoms with Gasteiger partial charge in [0.25, 0.3) is 0 Å². The number of hydrogen-bond acceptors (Lipinski definition) is 4. The molecule has 0 fully saturated rings. The van der Waals surface area contributed by atoms with Crippen molar-refractivity contribution in [3.8, 4) is 5.75 Å². The zero-order valence-corrected chi connectivity index (χ0v) is 15.7. The molecule has 4 nitrogen and oxygen atoms in total. The van der Waals surface area contributed by atoms with Crippen LogP contribution in [0.15, 0.2) is 66.2 Å². The highest BCUT2D eigenvalue weighted by Gasteiger charge is 2.11. The summed E-state index contributed by atoms with van der Waals surface area (Å²) in [5, 5.41) is 3.52. The number of hydrogen-bond donors (Lipinski definition) is 1. The molecular formula is C22H27NO3. The zero-order chi connectivity index (χ0) is 18.8. The smallest absolute Gasteiger partial charge is 0.333 e. The predicted molar refractivity (Wildman–Crippen MR) is 104 cm³/mol. The molecule has 138 valence electrons. The quantitative estimate of drug-likeness (QED) is 0.548. The Bertz CT molecular complexity index is 708. The Labute approximate surface area is 155 Å². The van der Waals surface area contributed by atoms with Gasteiger partial charge in [-0.2, -0.15) is 0 Å². The van der Waals surface area contributed by atoms with Crippen molar-refractivity contribution >= 4 is 5.97 Å². The maximum absolute atomic E-state index is 11.9. The number of benzene rings is 2. The van der Waals surface area contributed by atoms with Crippen molar-refractivity contribution in [2.24, 2.45) is 0 Å². The molecule has 0 aromatic heterocycles. The third-order valence-electron chi connectivity index (χ3n) is 4.07. The average molecular weight is 353 g/mol. The molecule has 0 heterocycles. The average Bonchev–Trinajstić information content (AvgIpc) is 2.67. The molecule has 0 bridgehead atoms. The van der Waals surface area contributed by atoms with Crippen LogP contribution in [0.3, 0.4) is 0 Å². The molecule has 1 N–H and O–H groups in total. The molecule has 0 spiro atoms. The fourth-order valence-electron chi connectivity index (χ4n) is 2.67. The van der Waals surface area contributed by atoms with Crippen LogP contribution in [0.1, 0.15) is 25.0 Å². The lowest BCUT2D eigenvalue weighted by Gasteiger charge is -2.17. The number of ether oxygens (including phenoxy) is 2. The van der Waals surface area contributed by atoms with Gasteiger partial charge in [-0.1, -0.05) is 48.5 Å². The summed E-state index contributed by atoms with van der Waals surface area (Å²) in [4.78, 5) is 11.9. The number of rotatable bonds is 9. The number of methoxy groups -OCH3 is 1. The highest BCUT2D eigenvalue weighted by molar-refractivity contribution is 5.87. The van der Waals surface area contributed by atoms with Crippen molar-refractivity contribution in [1.82, 2.24) is 5.32 Å². The van der Waals surface area contributed by atoms with E-state index in [9.17, 15) is 4.79 Å². The summed E-state index contributed by atoms with van der Waals surface area (Å²) >= 11 is 0. The largest absolute Gasteiger partial charge is 0.497 e. The number of esters is 1. The second-order valence-electron chi connectivity index (χ2n) is 6.10. The molecule has 0 aliphatic rings. The van der Waals surface area contributed by atoms with E-state index in [1.54, 1.807) is 14.0 Å². The first kappa shape index (κ1) is 19.7. The van der Waals surface area contributed by atoms with E-state index >= 15 is 0 Å². The normalized spacial score (nSPS) is 12.5. The van der Waals surface area contributed by atoms with Crippen LogP contribution < -0.4 is 10.1 Å². The zero-order valence-electron chi connectivity index (χ0n) is 15.7. The Balaban J connectivity index is 2.08. The Morgan fingerprint density at radius 1 is 1.08 bits per heavy atom. The summed E-state index contributed by atoms with van der Waals surface area (Å²) in [6.45, 7) is 4.69. The molecule has 4 heteroatoms. The van der Waals surface area contributed by atoms with Gasteiger partial charge in [-0.15, -0.1) is 0 Å². The molecule has 0 aliphatic carbocycles. The molecule has 2 rings (SSSR count). The molecule has 1 unspecified atom stereocenters. The van der Waals surface area contributed by atoms with Crippen LogP contribution >= 0.6 is 0 Å². The van der Waals surface area contributed by atoms with Gasteiger partial charge in [0.2, 0.25) is 0 Å². The van der Waals surface area contributed by atoms with E-state index in [4.69, 9.17) is 9.47 Å². The molecule has 0 radical (unpaired) electrons. The Morgan fingerprint density at radius 2 is 1.77 bits per heavy atom. The van der Waals surface area contributed by atoms with Gasteiger partial charge in [0.1, 0.15) is 5.75 Å². The molecule has 2 aromatic carbocycles. The molecule has 0 aliphatic heterocycles. The minimum atomic E-state index is -0.267. The monoisotopic (exact) mass is 353 g/mol. The van der Waals surface area contributed by atoms with Crippen LogP contribution in [0.5, 0.6) is 5.75 Å². The maximum atomic E-state index is 11.9. The first-order chi connectivity index (χ1) is 12.6. The van der Waals surface area contributed by atoms with Gasteiger partial charge in [0, 0.05) is 18.2 Å². The van der Waals surface area contributed by atoms with Crippen molar-refractivity contribution in [2.75, 3.05) is 13.7 Å². The molecule has 2 aromatic rings. The Morgan fingerprint density at radius 3 is 2.38 bits per heavy atom. The van der Waals surface area contributed by atoms with Crippen molar-refractivity contribution < 1.29 is 14.3 Å². The van der Waals surface area contributed by atoms with Gasteiger partial charge >= 0.3 is 5.97 Å². The van der Waals surface area contributed by atoms with Gasteiger partial charge < -0.3 is 14.8 Å². The standard InChI is InChI=1S/C22H27NO3/c1-4-26-22(24)17(2)14-20(15-18-8-6-5-7-9-18)23-16-19-10-12-21(25-3)13-11-19/h5-14,20,23H,4,15-16H2,1-3H3/b17-14+. The van der Waals surface area contributed by atoms with Crippen LogP contribution in [0.25, 0.3) is 0 Å². The minimum Gasteiger partial charge on any atom is -0.497 e. The van der Waals surface area contributed by atoms with Crippen molar-refractivity contribution in [1.29, 1.82) is 0 Å². The fraction of sp³-hybridized carbons (Fsp3) is 0.318. The summed E-state index contributed by atoms with van der Waals surface area (Å²) < 4.78 is 10.3. The van der Waals surface area contributed by atoms with Crippen LogP contribution in [-0.2, 0) is 22.5 Å². The minimum absolute atomic E-state index is 0.0314. The van der Waals surface area contributed by atoms with Gasteiger partial charge in [0.05, 0.1) is 13.7 Å². The molecule has 0 saturated carbocycles. The lowest BCUT2D eigenvalue weighted by atomic mass is 10.0. The number of carbonyl (C=O) groups is 1. The van der Waals surface area contributed by atoms with E-state index in [0.717, 1.165) is 17.7 Å². The highest BCUT2D eigenvalue weighted by Crippen LogP contribution is 2.12. The van der Waals surface area contributed by atoms with E-state index in [1.165, 1.54) is 5.56 Å². The lowest BCUT2D eigenvalue weighted by Crippen LogP contribution is -2.29. The molecule has 0 saturated heterocycles. The summed E-state index contributed by atoms with van der Waals surface area (Å²) in [6.07, 6.45) is 2.75. The van der Waals surface area contributed by atoms with Crippen LogP contribution in [0, 0.1) is 0 Å². The first-order valence-corrected chi connectivity index (χ1v) is 8.88. The predicted octanol–water partition coefficient (Wildman–Crippen LogP) is 3.91. The van der Waals surface area contributed by atoms with Gasteiger partial charge in [-0.3, -0.25) is 0 Å². The number of carbonyl (C=O) groups excluding carboxylic acids is 1. The van der Waals surface area contributed by atoms with Gasteiger partial charge in [0.15, 0.2) is 0 Å². The SMILES string of the molecule is CCOC(=O)/C(C)=C/C(Cc1ccccc1)NCc1ccc(OC)cc1. The van der Waals surface area contributed by atoms with Crippen molar-refractivity contribution in [2.45, 2.75) is 32.9 Å². The second kappa shape index (κ2) is 10.4. The molecule has 1 atom stereocenters. The van der Waals surface area contributed by atoms with Crippen LogP contribution in [0.2, 0.25) is 0 Å². The molecule has 26 heavy (non-hydrogen) atoms. The Hall–Kier alpha value is -2.59. The summed E-state index contributed by atoms with van der Waals surface area (Å²) in [5.41, 5.74) is 2.99. The third kappa shape index (κ3) is 6.37. The van der Waals surface area contributed by atoms with E-state index in [0.29, 0.717) is 18.7 Å². The highest BCUT2D eigenvalue weighted by atomic mass is 16.5. The van der Waals surface area contributed by atoms with E-state index in [2.05, 4.69) is 17.4 Å². The van der Waals surface area contributed by atoms with Gasteiger partial charge in [-0.05, 0) is 43.5 Å². The first-order valence-electron chi connectivity index (χ1n) is 8.88. The maximum Gasteiger partial charge on any atom is 0.333 e. The lowest BCUT2D eigenvalue weighted by molar-refractivity contribution is -0.138. The van der Waals surface area contributed by atoms with Crippen molar-refractivity contribution in [3.63, 3.8) is 0 Å². The van der Waals surface area contributed by atoms with E-state index in [1.807, 2.05) is 55.5 Å². The van der Waals surface area contributed by atoms with Crippen molar-refractivity contribution in [3.05, 3.63) is 77.4 Å². The number of nitrogens with one attached hydrogen (secondary N) is 1. The summed E-state index contributed by atoms with van der Waals surface area (Å²) in [6, 6.07) is 18.2. The third-order valence-corrected chi connectivity index (χ3v) is 4.07. The fourth-order valence-corrected chi connectivity index (χ4v) is 2.67. The van der Waals surface area contributed by atoms with E-state index in [-0.39, 0.29) is 12.0 Å². The second-order valence-corrected chi connectivity index (χ2v) is 6.10. The van der Waals surface area contributed by atoms with Crippen LogP contribution in [-0.4, -0.2) is 25.7 Å². The summed E-state index contributed by atoms with van der Waals surface area (Å²) in [7, 11) is 1.66. The van der Waals surface area contributed by atoms with Crippen LogP contribution in [0.4, 0.5) is 0 Å². The molecular weight excluding hydrogens is 326 g/mol. The molecule has 0 amide bonds. The Kier molecular flexibility index (Phi) is 7.90. The topological polar surface area (TPSA) is 47.6 Å².